The lowest BCUT2D eigenvalue weighted by molar-refractivity contribution is -0.122. The van der Waals surface area contributed by atoms with E-state index in [0.29, 0.717) is 39.5 Å². The Morgan fingerprint density at radius 1 is 1.17 bits per heavy atom. The molecule has 0 saturated carbocycles. The monoisotopic (exact) mass is 429 g/mol. The Balaban J connectivity index is 1.69. The van der Waals surface area contributed by atoms with Crippen LogP contribution in [-0.4, -0.2) is 34.2 Å². The van der Waals surface area contributed by atoms with Gasteiger partial charge in [-0.2, -0.15) is 0 Å². The van der Waals surface area contributed by atoms with E-state index in [1.165, 1.54) is 11.8 Å². The number of carbonyl (C=O) groups excluding carboxylic acids is 2. The fourth-order valence-electron chi connectivity index (χ4n) is 2.79. The van der Waals surface area contributed by atoms with Gasteiger partial charge in [0.05, 0.1) is 17.1 Å². The Bertz CT molecular complexity index is 931. The van der Waals surface area contributed by atoms with Gasteiger partial charge in [-0.25, -0.2) is 4.79 Å². The van der Waals surface area contributed by atoms with Crippen LogP contribution in [0, 0.1) is 0 Å². The second kappa shape index (κ2) is 9.89. The van der Waals surface area contributed by atoms with Gasteiger partial charge in [0.2, 0.25) is 0 Å². The molecule has 2 aromatic rings. The standard InChI is InChI=1S/C22H23NO4S2/c1-3-5-13-26-21(25)16-8-6-15(7-9-16)18-11-10-17(27-18)14-19-20(24)23(12-4-2)22(28)29-19/h6-11,14H,3-5,12-13H2,1-2H3. The molecule has 0 spiro atoms. The van der Waals surface area contributed by atoms with Crippen LogP contribution in [0.25, 0.3) is 17.4 Å². The summed E-state index contributed by atoms with van der Waals surface area (Å²) in [6, 6.07) is 10.7. The summed E-state index contributed by atoms with van der Waals surface area (Å²) in [5, 5.41) is 0. The normalized spacial score (nSPS) is 15.4. The summed E-state index contributed by atoms with van der Waals surface area (Å²) in [6.45, 7) is 5.12. The lowest BCUT2D eigenvalue weighted by Gasteiger charge is -2.11. The predicted molar refractivity (Wildman–Crippen MR) is 120 cm³/mol. The number of furan rings is 1. The van der Waals surface area contributed by atoms with Crippen LogP contribution in [0.15, 0.2) is 45.7 Å². The molecule has 1 aliphatic rings. The largest absolute Gasteiger partial charge is 0.462 e. The number of unbranched alkanes of at least 4 members (excludes halogenated alkanes) is 1. The third kappa shape index (κ3) is 5.16. The van der Waals surface area contributed by atoms with Gasteiger partial charge in [-0.05, 0) is 37.1 Å². The van der Waals surface area contributed by atoms with Crippen molar-refractivity contribution in [2.75, 3.05) is 13.2 Å². The van der Waals surface area contributed by atoms with Crippen molar-refractivity contribution >= 4 is 46.3 Å². The van der Waals surface area contributed by atoms with E-state index in [0.717, 1.165) is 24.8 Å². The number of amides is 1. The van der Waals surface area contributed by atoms with Gasteiger partial charge in [-0.15, -0.1) is 0 Å². The third-order valence-electron chi connectivity index (χ3n) is 4.36. The number of thiocarbonyl (C=S) groups is 1. The number of thioether (sulfide) groups is 1. The quantitative estimate of drug-likeness (QED) is 0.238. The number of benzene rings is 1. The van der Waals surface area contributed by atoms with E-state index in [2.05, 4.69) is 0 Å². The molecule has 3 rings (SSSR count). The molecular formula is C22H23NO4S2. The van der Waals surface area contributed by atoms with Crippen LogP contribution in [0.3, 0.4) is 0 Å². The molecule has 1 aromatic heterocycles. The van der Waals surface area contributed by atoms with Gasteiger partial charge < -0.3 is 9.15 Å². The minimum absolute atomic E-state index is 0.0780. The summed E-state index contributed by atoms with van der Waals surface area (Å²) < 4.78 is 11.7. The molecule has 1 saturated heterocycles. The lowest BCUT2D eigenvalue weighted by atomic mass is 10.1. The smallest absolute Gasteiger partial charge is 0.338 e. The number of ether oxygens (including phenoxy) is 1. The first-order valence-electron chi connectivity index (χ1n) is 9.66. The number of hydrogen-bond donors (Lipinski definition) is 0. The van der Waals surface area contributed by atoms with Crippen molar-refractivity contribution in [3.63, 3.8) is 0 Å². The lowest BCUT2D eigenvalue weighted by Crippen LogP contribution is -2.28. The van der Waals surface area contributed by atoms with E-state index in [-0.39, 0.29) is 11.9 Å². The second-order valence-electron chi connectivity index (χ2n) is 6.60. The molecule has 1 amide bonds. The highest BCUT2D eigenvalue weighted by molar-refractivity contribution is 8.26. The summed E-state index contributed by atoms with van der Waals surface area (Å²) >= 11 is 6.58. The maximum absolute atomic E-state index is 12.4. The first-order valence-corrected chi connectivity index (χ1v) is 10.9. The van der Waals surface area contributed by atoms with Crippen molar-refractivity contribution in [3.8, 4) is 11.3 Å². The third-order valence-corrected chi connectivity index (χ3v) is 5.73. The fraction of sp³-hybridized carbons (Fsp3) is 0.318. The number of hydrogen-bond acceptors (Lipinski definition) is 6. The molecule has 7 heteroatoms. The van der Waals surface area contributed by atoms with E-state index in [4.69, 9.17) is 21.4 Å². The van der Waals surface area contributed by atoms with Crippen LogP contribution in [-0.2, 0) is 9.53 Å². The van der Waals surface area contributed by atoms with E-state index < -0.39 is 0 Å². The van der Waals surface area contributed by atoms with Crippen molar-refractivity contribution in [3.05, 3.63) is 52.6 Å². The molecule has 152 valence electrons. The highest BCUT2D eigenvalue weighted by Crippen LogP contribution is 2.33. The summed E-state index contributed by atoms with van der Waals surface area (Å²) in [5.74, 6) is 0.844. The van der Waals surface area contributed by atoms with Crippen LogP contribution in [0.2, 0.25) is 0 Å². The summed E-state index contributed by atoms with van der Waals surface area (Å²) in [7, 11) is 0. The Labute approximate surface area is 180 Å². The fourth-order valence-corrected chi connectivity index (χ4v) is 4.08. The minimum atomic E-state index is -0.320. The number of nitrogens with zero attached hydrogens (tertiary/aromatic N) is 1. The average molecular weight is 430 g/mol. The molecule has 0 bridgehead atoms. The molecule has 29 heavy (non-hydrogen) atoms. The van der Waals surface area contributed by atoms with E-state index >= 15 is 0 Å². The molecule has 1 aliphatic heterocycles. The van der Waals surface area contributed by atoms with Crippen molar-refractivity contribution in [2.45, 2.75) is 33.1 Å². The zero-order valence-electron chi connectivity index (χ0n) is 16.5. The van der Waals surface area contributed by atoms with Gasteiger partial charge in [0.1, 0.15) is 15.8 Å². The highest BCUT2D eigenvalue weighted by atomic mass is 32.2. The second-order valence-corrected chi connectivity index (χ2v) is 8.28. The molecule has 5 nitrogen and oxygen atoms in total. The predicted octanol–water partition coefficient (Wildman–Crippen LogP) is 5.51. The van der Waals surface area contributed by atoms with Crippen molar-refractivity contribution in [2.24, 2.45) is 0 Å². The van der Waals surface area contributed by atoms with Crippen LogP contribution >= 0.6 is 24.0 Å². The van der Waals surface area contributed by atoms with Crippen LogP contribution in [0.1, 0.15) is 49.2 Å². The van der Waals surface area contributed by atoms with Gasteiger partial charge in [-0.1, -0.05) is 56.4 Å². The van der Waals surface area contributed by atoms with Gasteiger partial charge in [0, 0.05) is 18.2 Å². The van der Waals surface area contributed by atoms with Gasteiger partial charge in [-0.3, -0.25) is 9.69 Å². The van der Waals surface area contributed by atoms with Crippen molar-refractivity contribution in [1.82, 2.24) is 4.90 Å². The molecule has 1 aromatic carbocycles. The Hall–Kier alpha value is -2.38. The number of esters is 1. The van der Waals surface area contributed by atoms with Crippen molar-refractivity contribution < 1.29 is 18.7 Å². The highest BCUT2D eigenvalue weighted by Gasteiger charge is 2.31. The topological polar surface area (TPSA) is 59.8 Å². The molecule has 0 radical (unpaired) electrons. The minimum Gasteiger partial charge on any atom is -0.462 e. The van der Waals surface area contributed by atoms with Gasteiger partial charge in [0.25, 0.3) is 5.91 Å². The van der Waals surface area contributed by atoms with Crippen LogP contribution < -0.4 is 0 Å². The molecule has 2 heterocycles. The average Bonchev–Trinajstić information content (AvgIpc) is 3.29. The molecule has 0 N–H and O–H groups in total. The van der Waals surface area contributed by atoms with E-state index in [1.54, 1.807) is 23.1 Å². The Morgan fingerprint density at radius 3 is 2.62 bits per heavy atom. The zero-order valence-corrected chi connectivity index (χ0v) is 18.1. The summed E-state index contributed by atoms with van der Waals surface area (Å²) in [6.07, 6.45) is 4.41. The van der Waals surface area contributed by atoms with Crippen LogP contribution in [0.4, 0.5) is 0 Å². The Morgan fingerprint density at radius 2 is 1.93 bits per heavy atom. The summed E-state index contributed by atoms with van der Waals surface area (Å²) in [4.78, 5) is 26.6. The van der Waals surface area contributed by atoms with Gasteiger partial charge in [0.15, 0.2) is 0 Å². The number of rotatable bonds is 8. The molecule has 0 unspecified atom stereocenters. The molecule has 0 aliphatic carbocycles. The molecule has 1 fully saturated rings. The SMILES string of the molecule is CCCCOC(=O)c1ccc(-c2ccc(C=C3SC(=S)N(CCC)C3=O)o2)cc1. The van der Waals surface area contributed by atoms with Crippen molar-refractivity contribution in [1.29, 1.82) is 0 Å². The molecular weight excluding hydrogens is 406 g/mol. The molecule has 0 atom stereocenters. The first kappa shape index (κ1) is 21.3. The first-order chi connectivity index (χ1) is 14.0. The van der Waals surface area contributed by atoms with E-state index in [9.17, 15) is 9.59 Å². The maximum Gasteiger partial charge on any atom is 0.338 e. The van der Waals surface area contributed by atoms with Gasteiger partial charge >= 0.3 is 5.97 Å². The van der Waals surface area contributed by atoms with Crippen LogP contribution in [0.5, 0.6) is 0 Å². The zero-order chi connectivity index (χ0) is 20.8. The van der Waals surface area contributed by atoms with E-state index in [1.807, 2.05) is 38.1 Å². The summed E-state index contributed by atoms with van der Waals surface area (Å²) in [5.41, 5.74) is 1.35. The Kier molecular flexibility index (Phi) is 7.28. The number of carbonyl (C=O) groups is 2. The maximum atomic E-state index is 12.4.